The van der Waals surface area contributed by atoms with Crippen LogP contribution in [0.25, 0.3) is 11.2 Å². The number of fused-ring (bicyclic) bond motifs is 2. The third-order valence-electron chi connectivity index (χ3n) is 5.18. The van der Waals surface area contributed by atoms with Gasteiger partial charge in [0.1, 0.15) is 25.1 Å². The molecule has 2 aromatic rings. The Hall–Kier alpha value is -1.11. The van der Waals surface area contributed by atoms with E-state index in [9.17, 15) is 9.79 Å². The Morgan fingerprint density at radius 1 is 1.33 bits per heavy atom. The number of ether oxygens (including phenoxy) is 2. The molecular formula is C17H27N5O6PS+. The molecule has 11 nitrogen and oxygen atoms in total. The molecule has 0 bridgehead atoms. The second-order valence-corrected chi connectivity index (χ2v) is 9.74. The quantitative estimate of drug-likeness (QED) is 0.302. The van der Waals surface area contributed by atoms with Crippen LogP contribution in [-0.2, 0) is 18.5 Å². The minimum absolute atomic E-state index is 0.00888. The predicted molar refractivity (Wildman–Crippen MR) is 111 cm³/mol. The van der Waals surface area contributed by atoms with Gasteiger partial charge in [0.25, 0.3) is 0 Å². The maximum Gasteiger partial charge on any atom is 0.570 e. The van der Waals surface area contributed by atoms with Crippen molar-refractivity contribution in [1.82, 2.24) is 19.5 Å². The van der Waals surface area contributed by atoms with Crippen LogP contribution < -0.4 is 5.73 Å². The molecule has 2 fully saturated rings. The molecule has 2 saturated heterocycles. The summed E-state index contributed by atoms with van der Waals surface area (Å²) in [7, 11) is -2.37. The number of rotatable bonds is 8. The van der Waals surface area contributed by atoms with Gasteiger partial charge >= 0.3 is 8.17 Å². The molecule has 2 unspecified atom stereocenters. The third kappa shape index (κ3) is 4.28. The van der Waals surface area contributed by atoms with Gasteiger partial charge in [-0.15, -0.1) is 4.52 Å². The summed E-state index contributed by atoms with van der Waals surface area (Å²) in [6.45, 7) is 2.17. The minimum Gasteiger partial charge on any atom is -0.382 e. The molecule has 0 saturated carbocycles. The lowest BCUT2D eigenvalue weighted by atomic mass is 10.1. The maximum atomic E-state index is 9.85. The molecule has 4 atom stereocenters. The monoisotopic (exact) mass is 460 g/mol. The third-order valence-corrected chi connectivity index (χ3v) is 7.22. The number of hydrogen-bond donors (Lipinski definition) is 3. The first-order valence-corrected chi connectivity index (χ1v) is 12.4. The molecule has 0 radical (unpaired) electrons. The van der Waals surface area contributed by atoms with Crippen molar-refractivity contribution < 1.29 is 28.3 Å². The largest absolute Gasteiger partial charge is 0.570 e. The van der Waals surface area contributed by atoms with Crippen molar-refractivity contribution in [3.05, 3.63) is 6.33 Å². The van der Waals surface area contributed by atoms with E-state index >= 15 is 0 Å². The molecule has 13 heteroatoms. The fourth-order valence-electron chi connectivity index (χ4n) is 3.72. The van der Waals surface area contributed by atoms with Crippen LogP contribution in [0.5, 0.6) is 0 Å². The lowest BCUT2D eigenvalue weighted by molar-refractivity contribution is -0.0763. The second kappa shape index (κ2) is 9.17. The summed E-state index contributed by atoms with van der Waals surface area (Å²) < 4.78 is 24.1. The van der Waals surface area contributed by atoms with Crippen LogP contribution in [0.1, 0.15) is 38.8 Å². The van der Waals surface area contributed by atoms with Crippen LogP contribution in [0.4, 0.5) is 5.82 Å². The van der Waals surface area contributed by atoms with Gasteiger partial charge in [0.2, 0.25) is 0 Å². The number of nitrogens with two attached hydrogens (primary N) is 1. The first-order valence-electron chi connectivity index (χ1n) is 9.92. The van der Waals surface area contributed by atoms with Gasteiger partial charge in [-0.05, 0) is 6.42 Å². The van der Waals surface area contributed by atoms with Crippen molar-refractivity contribution in [1.29, 1.82) is 0 Å². The number of anilines is 1. The zero-order valence-corrected chi connectivity index (χ0v) is 18.6. The fraction of sp³-hybridized carbons (Fsp3) is 0.706. The number of unbranched alkanes of at least 4 members (excludes halogenated alkanes) is 3. The predicted octanol–water partition coefficient (Wildman–Crippen LogP) is 2.07. The van der Waals surface area contributed by atoms with E-state index in [-0.39, 0.29) is 12.4 Å². The normalized spacial score (nSPS) is 28.1. The van der Waals surface area contributed by atoms with Crippen molar-refractivity contribution in [3.8, 4) is 0 Å². The van der Waals surface area contributed by atoms with Crippen LogP contribution in [0, 0.1) is 0 Å². The number of aromatic nitrogens is 4. The topological polar surface area (TPSA) is 147 Å². The molecule has 2 aliphatic heterocycles. The first-order chi connectivity index (χ1) is 14.4. The van der Waals surface area contributed by atoms with Crippen molar-refractivity contribution in [2.24, 2.45) is 0 Å². The highest BCUT2D eigenvalue weighted by atomic mass is 32.2. The number of imidazole rings is 1. The summed E-state index contributed by atoms with van der Waals surface area (Å²) in [6.07, 6.45) is 3.48. The van der Waals surface area contributed by atoms with Crippen LogP contribution in [0.15, 0.2) is 11.5 Å². The Kier molecular flexibility index (Phi) is 6.76. The summed E-state index contributed by atoms with van der Waals surface area (Å²) in [4.78, 5) is 32.8. The SMILES string of the molecule is CCCCCCSc1nc2c(N)ncnc2n1[C@@H]1O[C@@H]2CO[P+](O)(O)OC2C1OC. The minimum atomic E-state index is -3.89. The van der Waals surface area contributed by atoms with Gasteiger partial charge in [-0.2, -0.15) is 14.3 Å². The van der Waals surface area contributed by atoms with E-state index in [4.69, 9.17) is 24.3 Å². The molecule has 2 aromatic heterocycles. The van der Waals surface area contributed by atoms with Crippen molar-refractivity contribution in [3.63, 3.8) is 0 Å². The maximum absolute atomic E-state index is 9.85. The Balaban J connectivity index is 1.66. The second-order valence-electron chi connectivity index (χ2n) is 7.23. The standard InChI is InChI=1S/C17H27N5O6PS/c1-3-4-5-6-7-30-17-21-11-14(18)19-9-20-15(11)22(17)16-13(25-2)12-10(27-16)8-26-29(23,24)28-12/h9-10,12-13,16,23-24H,3-8H2,1-2H3,(H2,18,19,20)/q+1/t10-,12?,13?,16-/m1/s1. The van der Waals surface area contributed by atoms with E-state index in [0.717, 1.165) is 18.6 Å². The van der Waals surface area contributed by atoms with E-state index in [0.29, 0.717) is 16.3 Å². The van der Waals surface area contributed by atoms with E-state index in [1.54, 1.807) is 11.8 Å². The summed E-state index contributed by atoms with van der Waals surface area (Å²) in [5.41, 5.74) is 7.05. The molecule has 0 spiro atoms. The highest BCUT2D eigenvalue weighted by Gasteiger charge is 2.60. The van der Waals surface area contributed by atoms with Gasteiger partial charge < -0.3 is 15.2 Å². The van der Waals surface area contributed by atoms with Crippen LogP contribution >= 0.6 is 19.9 Å². The van der Waals surface area contributed by atoms with Gasteiger partial charge in [-0.25, -0.2) is 15.0 Å². The Bertz CT molecular complexity index is 886. The van der Waals surface area contributed by atoms with Crippen LogP contribution in [0.2, 0.25) is 0 Å². The molecular weight excluding hydrogens is 433 g/mol. The molecule has 30 heavy (non-hydrogen) atoms. The summed E-state index contributed by atoms with van der Waals surface area (Å²) in [5, 5.41) is 0.689. The Labute approximate surface area is 178 Å². The summed E-state index contributed by atoms with van der Waals surface area (Å²) in [6, 6.07) is 0. The summed E-state index contributed by atoms with van der Waals surface area (Å²) >= 11 is 1.59. The van der Waals surface area contributed by atoms with Gasteiger partial charge in [0, 0.05) is 12.9 Å². The van der Waals surface area contributed by atoms with Crippen LogP contribution in [-0.4, -0.2) is 67.1 Å². The molecule has 4 rings (SSSR count). The Morgan fingerprint density at radius 2 is 2.17 bits per heavy atom. The molecule has 0 amide bonds. The lowest BCUT2D eigenvalue weighted by Crippen LogP contribution is -2.41. The average Bonchev–Trinajstić information content (AvgIpc) is 3.25. The molecule has 4 heterocycles. The number of nitrogens with zero attached hydrogens (tertiary/aromatic N) is 4. The first kappa shape index (κ1) is 22.1. The number of nitrogen functional groups attached to an aromatic ring is 1. The molecule has 0 aromatic carbocycles. The highest BCUT2D eigenvalue weighted by molar-refractivity contribution is 7.99. The van der Waals surface area contributed by atoms with E-state index in [1.807, 2.05) is 4.57 Å². The van der Waals surface area contributed by atoms with E-state index < -0.39 is 32.7 Å². The number of hydrogen-bond acceptors (Lipinski definition) is 11. The van der Waals surface area contributed by atoms with Crippen LogP contribution in [0.3, 0.4) is 0 Å². The Morgan fingerprint density at radius 3 is 2.93 bits per heavy atom. The molecule has 4 N–H and O–H groups in total. The van der Waals surface area contributed by atoms with Gasteiger partial charge in [-0.1, -0.05) is 37.9 Å². The van der Waals surface area contributed by atoms with Gasteiger partial charge in [0.15, 0.2) is 34.5 Å². The zero-order valence-electron chi connectivity index (χ0n) is 16.9. The zero-order chi connectivity index (χ0) is 21.3. The van der Waals surface area contributed by atoms with Crippen molar-refractivity contribution in [2.75, 3.05) is 25.2 Å². The number of thioether (sulfide) groups is 1. The van der Waals surface area contributed by atoms with E-state index in [1.165, 1.54) is 26.3 Å². The van der Waals surface area contributed by atoms with E-state index in [2.05, 4.69) is 21.9 Å². The van der Waals surface area contributed by atoms with Gasteiger partial charge in [-0.3, -0.25) is 4.57 Å². The fourth-order valence-corrected chi connectivity index (χ4v) is 5.71. The smallest absolute Gasteiger partial charge is 0.382 e. The highest BCUT2D eigenvalue weighted by Crippen LogP contribution is 2.59. The molecule has 166 valence electrons. The van der Waals surface area contributed by atoms with Gasteiger partial charge in [0.05, 0.1) is 0 Å². The van der Waals surface area contributed by atoms with Crippen molar-refractivity contribution in [2.45, 2.75) is 62.3 Å². The number of methoxy groups -OCH3 is 1. The lowest BCUT2D eigenvalue weighted by Gasteiger charge is -2.26. The average molecular weight is 460 g/mol. The molecule has 2 aliphatic rings. The summed E-state index contributed by atoms with van der Waals surface area (Å²) in [5.74, 6) is 1.17. The molecule has 0 aliphatic carbocycles. The van der Waals surface area contributed by atoms with Crippen molar-refractivity contribution >= 4 is 36.9 Å².